The molecular weight excluding hydrogens is 572 g/mol. The zero-order chi connectivity index (χ0) is 27.3. The molecule has 0 spiro atoms. The number of rotatable bonds is 6. The molecule has 0 saturated carbocycles. The van der Waals surface area contributed by atoms with Crippen LogP contribution >= 0.6 is 0 Å². The van der Waals surface area contributed by atoms with Gasteiger partial charge in [0.05, 0.1) is 21.2 Å². The topological polar surface area (TPSA) is 230 Å². The number of H-pyrrole nitrogens is 2. The largest absolute Gasteiger partial charge is 1.00 e. The molecule has 0 aliphatic heterocycles. The Morgan fingerprint density at radius 2 is 1.41 bits per heavy atom. The first-order valence-corrected chi connectivity index (χ1v) is 13.2. The predicted octanol–water partition coefficient (Wildman–Crippen LogP) is -3.98. The third-order valence-electron chi connectivity index (χ3n) is 5.73. The van der Waals surface area contributed by atoms with Crippen LogP contribution in [0.2, 0.25) is 0 Å². The van der Waals surface area contributed by atoms with Gasteiger partial charge >= 0.3 is 59.1 Å². The monoisotopic (exact) mass is 591 g/mol. The predicted molar refractivity (Wildman–Crippen MR) is 131 cm³/mol. The fourth-order valence-electron chi connectivity index (χ4n) is 3.71. The summed E-state index contributed by atoms with van der Waals surface area (Å²) in [6, 6.07) is 5.18. The maximum atomic E-state index is 12.9. The molecule has 2 aromatic carbocycles. The number of amides is 2. The molecule has 0 atom stereocenters. The van der Waals surface area contributed by atoms with Crippen molar-refractivity contribution < 1.29 is 94.6 Å². The Morgan fingerprint density at radius 1 is 0.821 bits per heavy atom. The summed E-state index contributed by atoms with van der Waals surface area (Å²) in [5.74, 6) is -1.12. The zero-order valence-corrected chi connectivity index (χ0v) is 26.8. The van der Waals surface area contributed by atoms with Crippen LogP contribution in [0.25, 0.3) is 10.8 Å². The number of nitrogen functional groups attached to an aromatic ring is 1. The van der Waals surface area contributed by atoms with E-state index in [-0.39, 0.29) is 87.0 Å². The molecule has 194 valence electrons. The van der Waals surface area contributed by atoms with Crippen molar-refractivity contribution in [3.05, 3.63) is 65.2 Å². The average molecular weight is 592 g/mol. The van der Waals surface area contributed by atoms with Crippen molar-refractivity contribution in [3.63, 3.8) is 0 Å². The van der Waals surface area contributed by atoms with Crippen LogP contribution in [0.1, 0.15) is 32.1 Å². The Bertz CT molecular complexity index is 1820. The number of aromatic nitrogens is 2. The number of nitrogens with one attached hydrogen (secondary N) is 4. The molecule has 0 aliphatic carbocycles. The summed E-state index contributed by atoms with van der Waals surface area (Å²) >= 11 is 0. The second-order valence-corrected chi connectivity index (χ2v) is 10.8. The third-order valence-corrected chi connectivity index (χ3v) is 7.42. The van der Waals surface area contributed by atoms with Crippen LogP contribution in [-0.4, -0.2) is 47.7 Å². The molecule has 0 saturated heterocycles. The van der Waals surface area contributed by atoms with Crippen LogP contribution in [0, 0.1) is 13.8 Å². The van der Waals surface area contributed by atoms with Crippen molar-refractivity contribution in [1.82, 2.24) is 9.97 Å². The molecule has 0 fully saturated rings. The molecular formula is C22H19N5Na2O8S2. The normalized spacial score (nSPS) is 11.4. The van der Waals surface area contributed by atoms with E-state index in [4.69, 9.17) is 5.73 Å². The van der Waals surface area contributed by atoms with E-state index >= 15 is 0 Å². The number of nitrogens with two attached hydrogens (primary N) is 1. The third kappa shape index (κ3) is 6.94. The molecule has 0 unspecified atom stereocenters. The van der Waals surface area contributed by atoms with Crippen molar-refractivity contribution in [2.75, 3.05) is 16.4 Å². The summed E-state index contributed by atoms with van der Waals surface area (Å²) in [7, 11) is -10.2. The van der Waals surface area contributed by atoms with E-state index in [1.165, 1.54) is 30.6 Å². The number of fused-ring (bicyclic) bond motifs is 1. The van der Waals surface area contributed by atoms with Gasteiger partial charge in [0, 0.05) is 34.6 Å². The van der Waals surface area contributed by atoms with Gasteiger partial charge in [0.2, 0.25) is 0 Å². The number of hydrogen-bond donors (Lipinski definition) is 5. The minimum absolute atomic E-state index is 0. The summed E-state index contributed by atoms with van der Waals surface area (Å²) in [5.41, 5.74) is 7.90. The maximum Gasteiger partial charge on any atom is 1.00 e. The van der Waals surface area contributed by atoms with Crippen LogP contribution in [0.5, 0.6) is 0 Å². The maximum absolute atomic E-state index is 12.9. The standard InChI is InChI=1S/C22H21N5O8S2.2Na/c1-10-16(23)8-24-19(10)22(29)27-17-9-25-20(11(17)2)21(28)26-13-4-3-12-5-14(36(30,31)32)7-18(15(12)6-13)37(33,34)35;;/h3-9,24-25H,23H2,1-2H3,(H,26,28)(H,27,29)(H,30,31,32)(H,33,34,35);;/q;2*+1/p-2. The minimum Gasteiger partial charge on any atom is -0.744 e. The van der Waals surface area contributed by atoms with Crippen molar-refractivity contribution in [3.8, 4) is 0 Å². The van der Waals surface area contributed by atoms with Crippen LogP contribution in [0.15, 0.2) is 52.5 Å². The van der Waals surface area contributed by atoms with Gasteiger partial charge in [-0.1, -0.05) is 6.07 Å². The van der Waals surface area contributed by atoms with Crippen molar-refractivity contribution in [2.45, 2.75) is 23.6 Å². The van der Waals surface area contributed by atoms with Crippen LogP contribution < -0.4 is 75.5 Å². The molecule has 0 bridgehead atoms. The molecule has 2 aromatic heterocycles. The Labute approximate surface area is 267 Å². The molecule has 4 aromatic rings. The van der Waals surface area contributed by atoms with Gasteiger partial charge in [-0.05, 0) is 43.5 Å². The molecule has 39 heavy (non-hydrogen) atoms. The number of carbonyl (C=O) groups excluding carboxylic acids is 2. The van der Waals surface area contributed by atoms with E-state index < -0.39 is 41.8 Å². The van der Waals surface area contributed by atoms with Gasteiger partial charge < -0.3 is 35.4 Å². The van der Waals surface area contributed by atoms with Gasteiger partial charge in [-0.15, -0.1) is 0 Å². The smallest absolute Gasteiger partial charge is 0.744 e. The van der Waals surface area contributed by atoms with E-state index in [0.29, 0.717) is 28.6 Å². The molecule has 6 N–H and O–H groups in total. The van der Waals surface area contributed by atoms with Gasteiger partial charge in [0.25, 0.3) is 11.8 Å². The summed E-state index contributed by atoms with van der Waals surface area (Å²) in [6.45, 7) is 3.27. The fraction of sp³-hybridized carbons (Fsp3) is 0.0909. The molecule has 13 nitrogen and oxygen atoms in total. The van der Waals surface area contributed by atoms with E-state index in [9.17, 15) is 35.5 Å². The van der Waals surface area contributed by atoms with Crippen molar-refractivity contribution in [1.29, 1.82) is 0 Å². The van der Waals surface area contributed by atoms with Crippen LogP contribution in [0.4, 0.5) is 17.1 Å². The van der Waals surface area contributed by atoms with Crippen LogP contribution in [-0.2, 0) is 20.2 Å². The zero-order valence-electron chi connectivity index (χ0n) is 21.2. The Hall–Kier alpha value is -2.18. The fourth-order valence-corrected chi connectivity index (χ4v) is 5.04. The van der Waals surface area contributed by atoms with Crippen molar-refractivity contribution in [2.24, 2.45) is 0 Å². The van der Waals surface area contributed by atoms with Gasteiger partial charge in [-0.2, -0.15) is 0 Å². The summed E-state index contributed by atoms with van der Waals surface area (Å²) in [5, 5.41) is 5.02. The molecule has 2 amide bonds. The van der Waals surface area contributed by atoms with Gasteiger partial charge in [0.1, 0.15) is 31.6 Å². The summed E-state index contributed by atoms with van der Waals surface area (Å²) in [6.07, 6.45) is 2.90. The molecule has 0 aliphatic rings. The van der Waals surface area contributed by atoms with Gasteiger partial charge in [-0.3, -0.25) is 9.59 Å². The van der Waals surface area contributed by atoms with E-state index in [2.05, 4.69) is 20.6 Å². The molecule has 2 heterocycles. The number of hydrogen-bond acceptors (Lipinski definition) is 9. The average Bonchev–Trinajstić information content (AvgIpc) is 3.33. The second-order valence-electron chi connectivity index (χ2n) is 8.12. The van der Waals surface area contributed by atoms with E-state index in [1.807, 2.05) is 0 Å². The number of benzene rings is 2. The number of aromatic amines is 2. The molecule has 4 rings (SSSR count). The summed E-state index contributed by atoms with van der Waals surface area (Å²) in [4.78, 5) is 29.2. The quantitative estimate of drug-likeness (QED) is 0.109. The van der Waals surface area contributed by atoms with Gasteiger partial charge in [-0.25, -0.2) is 16.8 Å². The Balaban J connectivity index is 0.00000267. The first kappa shape index (κ1) is 33.0. The second kappa shape index (κ2) is 12.1. The first-order valence-electron chi connectivity index (χ1n) is 10.4. The van der Waals surface area contributed by atoms with Crippen LogP contribution in [0.3, 0.4) is 0 Å². The summed E-state index contributed by atoms with van der Waals surface area (Å²) < 4.78 is 69.4. The molecule has 0 radical (unpaired) electrons. The van der Waals surface area contributed by atoms with E-state index in [1.54, 1.807) is 13.8 Å². The minimum atomic E-state index is -5.17. The number of carbonyl (C=O) groups is 2. The SMILES string of the molecule is Cc1c(N)c[nH]c1C(=O)Nc1c[nH]c(C(=O)Nc2ccc3cc(S(=O)(=O)[O-])cc(S(=O)(=O)[O-])c3c2)c1C.[Na+].[Na+]. The molecule has 17 heteroatoms. The number of anilines is 3. The van der Waals surface area contributed by atoms with E-state index in [0.717, 1.165) is 6.07 Å². The first-order chi connectivity index (χ1) is 17.2. The van der Waals surface area contributed by atoms with Crippen molar-refractivity contribution >= 4 is 59.9 Å². The van der Waals surface area contributed by atoms with Gasteiger partial charge in [0.15, 0.2) is 0 Å². The Kier molecular flexibility index (Phi) is 10.3. The Morgan fingerprint density at radius 3 is 1.97 bits per heavy atom.